The minimum Gasteiger partial charge on any atom is -0.406 e. The zero-order chi connectivity index (χ0) is 19.0. The molecule has 3 heterocycles. The fraction of sp³-hybridized carbons (Fsp3) is 0.526. The number of anilines is 1. The molecule has 2 aromatic rings. The van der Waals surface area contributed by atoms with E-state index in [-0.39, 0.29) is 5.75 Å². The van der Waals surface area contributed by atoms with E-state index < -0.39 is 6.36 Å². The van der Waals surface area contributed by atoms with Crippen LogP contribution in [0.1, 0.15) is 36.9 Å². The van der Waals surface area contributed by atoms with Crippen molar-refractivity contribution in [1.82, 2.24) is 14.7 Å². The van der Waals surface area contributed by atoms with Gasteiger partial charge in [-0.15, -0.1) is 13.2 Å². The molecule has 4 rings (SSSR count). The zero-order valence-corrected chi connectivity index (χ0v) is 15.2. The SMILES string of the molecule is CCN1CCCC(c2nn(-c3ccc(OC(F)(F)F)cc3)c3c2CCN3)C1. The molecule has 2 aliphatic rings. The van der Waals surface area contributed by atoms with E-state index in [1.165, 1.54) is 17.7 Å². The van der Waals surface area contributed by atoms with E-state index in [9.17, 15) is 13.2 Å². The number of hydrogen-bond donors (Lipinski definition) is 1. The van der Waals surface area contributed by atoms with E-state index >= 15 is 0 Å². The quantitative estimate of drug-likeness (QED) is 0.873. The molecule has 1 N–H and O–H groups in total. The number of alkyl halides is 3. The minimum absolute atomic E-state index is 0.228. The molecule has 1 saturated heterocycles. The molecule has 1 fully saturated rings. The Kier molecular flexibility index (Phi) is 4.75. The Morgan fingerprint density at radius 1 is 1.26 bits per heavy atom. The minimum atomic E-state index is -4.69. The number of ether oxygens (including phenoxy) is 1. The Bertz CT molecular complexity index is 801. The van der Waals surface area contributed by atoms with Gasteiger partial charge < -0.3 is 15.0 Å². The van der Waals surface area contributed by atoms with E-state index in [4.69, 9.17) is 5.10 Å². The first-order valence-corrected chi connectivity index (χ1v) is 9.39. The molecule has 0 spiro atoms. The lowest BCUT2D eigenvalue weighted by molar-refractivity contribution is -0.274. The molecule has 1 atom stereocenters. The predicted octanol–water partition coefficient (Wildman–Crippen LogP) is 3.94. The zero-order valence-electron chi connectivity index (χ0n) is 15.2. The third kappa shape index (κ3) is 3.76. The lowest BCUT2D eigenvalue weighted by Gasteiger charge is -2.31. The number of likely N-dealkylation sites (tertiary alicyclic amines) is 1. The van der Waals surface area contributed by atoms with Gasteiger partial charge in [0.15, 0.2) is 0 Å². The fourth-order valence-corrected chi connectivity index (χ4v) is 4.07. The molecule has 0 saturated carbocycles. The maximum atomic E-state index is 12.4. The fourth-order valence-electron chi connectivity index (χ4n) is 4.07. The Hall–Kier alpha value is -2.22. The number of rotatable bonds is 4. The summed E-state index contributed by atoms with van der Waals surface area (Å²) < 4.78 is 42.9. The van der Waals surface area contributed by atoms with Gasteiger partial charge in [-0.2, -0.15) is 5.10 Å². The molecule has 8 heteroatoms. The van der Waals surface area contributed by atoms with Crippen LogP contribution in [0.15, 0.2) is 24.3 Å². The topological polar surface area (TPSA) is 42.3 Å². The van der Waals surface area contributed by atoms with Gasteiger partial charge in [0.05, 0.1) is 11.4 Å². The number of fused-ring (bicyclic) bond motifs is 1. The van der Waals surface area contributed by atoms with Crippen LogP contribution in [0.3, 0.4) is 0 Å². The maximum Gasteiger partial charge on any atom is 0.573 e. The normalized spacial score (nSPS) is 20.4. The highest BCUT2D eigenvalue weighted by Crippen LogP contribution is 2.36. The van der Waals surface area contributed by atoms with Gasteiger partial charge in [0, 0.05) is 24.6 Å². The number of nitrogens with zero attached hydrogens (tertiary/aromatic N) is 3. The van der Waals surface area contributed by atoms with Gasteiger partial charge in [-0.05, 0) is 56.6 Å². The first-order valence-electron chi connectivity index (χ1n) is 9.39. The van der Waals surface area contributed by atoms with Crippen molar-refractivity contribution in [2.75, 3.05) is 31.5 Å². The Labute approximate surface area is 156 Å². The summed E-state index contributed by atoms with van der Waals surface area (Å²) in [6.07, 6.45) is -1.47. The average Bonchev–Trinajstić information content (AvgIpc) is 3.24. The van der Waals surface area contributed by atoms with Crippen molar-refractivity contribution in [2.45, 2.75) is 38.5 Å². The van der Waals surface area contributed by atoms with Gasteiger partial charge in [0.25, 0.3) is 0 Å². The summed E-state index contributed by atoms with van der Waals surface area (Å²) in [5.74, 6) is 1.14. The average molecular weight is 380 g/mol. The second-order valence-corrected chi connectivity index (χ2v) is 7.08. The molecule has 2 aliphatic heterocycles. The standard InChI is InChI=1S/C19H23F3N4O/c1-2-25-11-3-4-13(12-25)17-16-9-10-23-18(16)26(24-17)14-5-7-15(8-6-14)27-19(20,21)22/h5-8,13,23H,2-4,9-12H2,1H3. The highest BCUT2D eigenvalue weighted by Gasteiger charge is 2.32. The first kappa shape index (κ1) is 18.2. The first-order chi connectivity index (χ1) is 12.9. The van der Waals surface area contributed by atoms with Crippen LogP contribution in [-0.4, -0.2) is 47.2 Å². The molecule has 5 nitrogen and oxygen atoms in total. The van der Waals surface area contributed by atoms with E-state index in [0.29, 0.717) is 5.92 Å². The van der Waals surface area contributed by atoms with Crippen LogP contribution >= 0.6 is 0 Å². The monoisotopic (exact) mass is 380 g/mol. The molecule has 0 amide bonds. The summed E-state index contributed by atoms with van der Waals surface area (Å²) in [6, 6.07) is 5.87. The lowest BCUT2D eigenvalue weighted by atomic mass is 9.92. The summed E-state index contributed by atoms with van der Waals surface area (Å²) in [4.78, 5) is 2.45. The van der Waals surface area contributed by atoms with Crippen LogP contribution in [0.5, 0.6) is 5.75 Å². The molecule has 0 bridgehead atoms. The number of likely N-dealkylation sites (N-methyl/N-ethyl adjacent to an activating group) is 1. The second-order valence-electron chi connectivity index (χ2n) is 7.08. The van der Waals surface area contributed by atoms with Crippen LogP contribution in [0.25, 0.3) is 5.69 Å². The highest BCUT2D eigenvalue weighted by atomic mass is 19.4. The van der Waals surface area contributed by atoms with Crippen LogP contribution in [0.4, 0.5) is 19.0 Å². The number of nitrogens with one attached hydrogen (secondary N) is 1. The van der Waals surface area contributed by atoms with Crippen molar-refractivity contribution in [3.8, 4) is 11.4 Å². The van der Waals surface area contributed by atoms with E-state index in [1.807, 2.05) is 4.68 Å². The number of hydrogen-bond acceptors (Lipinski definition) is 4. The Morgan fingerprint density at radius 2 is 2.04 bits per heavy atom. The highest BCUT2D eigenvalue weighted by molar-refractivity contribution is 5.58. The van der Waals surface area contributed by atoms with E-state index in [1.54, 1.807) is 12.1 Å². The smallest absolute Gasteiger partial charge is 0.406 e. The van der Waals surface area contributed by atoms with Gasteiger partial charge >= 0.3 is 6.36 Å². The third-order valence-electron chi connectivity index (χ3n) is 5.34. The summed E-state index contributed by atoms with van der Waals surface area (Å²) in [5.41, 5.74) is 3.10. The molecule has 27 heavy (non-hydrogen) atoms. The summed E-state index contributed by atoms with van der Waals surface area (Å²) in [6.45, 7) is 6.22. The van der Waals surface area contributed by atoms with Crippen LogP contribution < -0.4 is 10.1 Å². The molecular formula is C19H23F3N4O. The number of halogens is 3. The van der Waals surface area contributed by atoms with Gasteiger partial charge in [-0.3, -0.25) is 0 Å². The van der Waals surface area contributed by atoms with Crippen molar-refractivity contribution in [3.05, 3.63) is 35.5 Å². The Balaban J connectivity index is 1.62. The number of benzene rings is 1. The Morgan fingerprint density at radius 3 is 2.74 bits per heavy atom. The molecule has 1 aromatic carbocycles. The molecule has 0 radical (unpaired) electrons. The predicted molar refractivity (Wildman–Crippen MR) is 96.5 cm³/mol. The van der Waals surface area contributed by atoms with Crippen molar-refractivity contribution in [3.63, 3.8) is 0 Å². The van der Waals surface area contributed by atoms with Gasteiger partial charge in [-0.25, -0.2) is 4.68 Å². The molecular weight excluding hydrogens is 357 g/mol. The van der Waals surface area contributed by atoms with Gasteiger partial charge in [-0.1, -0.05) is 6.92 Å². The number of aromatic nitrogens is 2. The van der Waals surface area contributed by atoms with Crippen LogP contribution in [-0.2, 0) is 6.42 Å². The van der Waals surface area contributed by atoms with Gasteiger partial charge in [0.1, 0.15) is 11.6 Å². The lowest BCUT2D eigenvalue weighted by Crippen LogP contribution is -2.34. The molecule has 146 valence electrons. The van der Waals surface area contributed by atoms with Crippen molar-refractivity contribution < 1.29 is 17.9 Å². The number of piperidine rings is 1. The van der Waals surface area contributed by atoms with Crippen LogP contribution in [0.2, 0.25) is 0 Å². The van der Waals surface area contributed by atoms with Crippen LogP contribution in [0, 0.1) is 0 Å². The summed E-state index contributed by atoms with van der Waals surface area (Å²) >= 11 is 0. The molecule has 1 unspecified atom stereocenters. The van der Waals surface area contributed by atoms with Crippen molar-refractivity contribution in [2.24, 2.45) is 0 Å². The van der Waals surface area contributed by atoms with E-state index in [0.717, 1.165) is 62.6 Å². The van der Waals surface area contributed by atoms with Crippen molar-refractivity contribution >= 4 is 5.82 Å². The maximum absolute atomic E-state index is 12.4. The van der Waals surface area contributed by atoms with Gasteiger partial charge in [0.2, 0.25) is 0 Å². The van der Waals surface area contributed by atoms with E-state index in [2.05, 4.69) is 21.9 Å². The summed E-state index contributed by atoms with van der Waals surface area (Å²) in [7, 11) is 0. The third-order valence-corrected chi connectivity index (χ3v) is 5.34. The largest absolute Gasteiger partial charge is 0.573 e. The summed E-state index contributed by atoms with van der Waals surface area (Å²) in [5, 5.41) is 8.24. The molecule has 1 aromatic heterocycles. The molecule has 0 aliphatic carbocycles. The van der Waals surface area contributed by atoms with Crippen molar-refractivity contribution in [1.29, 1.82) is 0 Å². The second kappa shape index (κ2) is 7.07.